The van der Waals surface area contributed by atoms with E-state index in [4.69, 9.17) is 0 Å². The van der Waals surface area contributed by atoms with Crippen LogP contribution in [0.5, 0.6) is 0 Å². The number of carbonyl (C=O) groups is 1. The fourth-order valence-corrected chi connectivity index (χ4v) is 1.60. The van der Waals surface area contributed by atoms with Crippen molar-refractivity contribution >= 4 is 5.91 Å². The molecule has 1 heterocycles. The smallest absolute Gasteiger partial charge is 0.227 e. The predicted molar refractivity (Wildman–Crippen MR) is 60.8 cm³/mol. The predicted octanol–water partition coefficient (Wildman–Crippen LogP) is 3.10. The minimum atomic E-state index is 0.0742. The molecule has 1 aliphatic heterocycles. The maximum atomic E-state index is 11.5. The highest BCUT2D eigenvalue weighted by Gasteiger charge is 2.33. The van der Waals surface area contributed by atoms with Crippen LogP contribution in [0.15, 0.2) is 12.3 Å². The van der Waals surface area contributed by atoms with Crippen LogP contribution in [0.1, 0.15) is 47.5 Å². The quantitative estimate of drug-likeness (QED) is 0.635. The molecule has 0 spiro atoms. The normalized spacial score (nSPS) is 22.2. The Kier molecular flexibility index (Phi) is 4.89. The van der Waals surface area contributed by atoms with Gasteiger partial charge in [0.1, 0.15) is 0 Å². The second-order valence-electron chi connectivity index (χ2n) is 4.55. The Morgan fingerprint density at radius 2 is 1.86 bits per heavy atom. The Hall–Kier alpha value is -0.790. The lowest BCUT2D eigenvalue weighted by Crippen LogP contribution is -2.41. The van der Waals surface area contributed by atoms with Crippen molar-refractivity contribution in [2.45, 2.75) is 47.5 Å². The molecule has 1 unspecified atom stereocenters. The first kappa shape index (κ1) is 13.2. The Labute approximate surface area is 87.8 Å². The lowest BCUT2D eigenvalue weighted by molar-refractivity contribution is -0.129. The van der Waals surface area contributed by atoms with Crippen molar-refractivity contribution in [2.24, 2.45) is 11.3 Å². The van der Waals surface area contributed by atoms with Gasteiger partial charge in [0.2, 0.25) is 5.91 Å². The summed E-state index contributed by atoms with van der Waals surface area (Å²) < 4.78 is 0. The molecular formula is C12H23NO. The minimum absolute atomic E-state index is 0.0742. The van der Waals surface area contributed by atoms with Crippen LogP contribution in [-0.4, -0.2) is 5.91 Å². The molecule has 2 nitrogen and oxygen atoms in total. The standard InChI is InChI=1S/C10H17NO.C2H6/c1-7-5-6-8(9(12)11-7)10(2,3)4;1-2/h8H,1,5-6H2,2-4H3,(H,11,12);1-2H3. The van der Waals surface area contributed by atoms with E-state index in [0.29, 0.717) is 0 Å². The van der Waals surface area contributed by atoms with Gasteiger partial charge < -0.3 is 5.32 Å². The Morgan fingerprint density at radius 1 is 1.36 bits per heavy atom. The highest BCUT2D eigenvalue weighted by Crippen LogP contribution is 2.33. The summed E-state index contributed by atoms with van der Waals surface area (Å²) in [7, 11) is 0. The Bertz CT molecular complexity index is 213. The largest absolute Gasteiger partial charge is 0.330 e. The van der Waals surface area contributed by atoms with Crippen LogP contribution in [0.3, 0.4) is 0 Å². The van der Waals surface area contributed by atoms with Gasteiger partial charge in [-0.1, -0.05) is 41.2 Å². The van der Waals surface area contributed by atoms with Crippen LogP contribution in [0.25, 0.3) is 0 Å². The summed E-state index contributed by atoms with van der Waals surface area (Å²) in [6, 6.07) is 0. The topological polar surface area (TPSA) is 29.1 Å². The molecule has 0 aliphatic carbocycles. The molecule has 0 radical (unpaired) electrons. The molecule has 1 N–H and O–H groups in total. The van der Waals surface area contributed by atoms with Gasteiger partial charge in [0.25, 0.3) is 0 Å². The van der Waals surface area contributed by atoms with Crippen LogP contribution in [0.2, 0.25) is 0 Å². The van der Waals surface area contributed by atoms with Gasteiger partial charge in [-0.2, -0.15) is 0 Å². The molecule has 1 fully saturated rings. The molecule has 1 saturated heterocycles. The molecule has 1 atom stereocenters. The summed E-state index contributed by atoms with van der Waals surface area (Å²) in [6.45, 7) is 14.1. The highest BCUT2D eigenvalue weighted by atomic mass is 16.2. The molecule has 1 aliphatic rings. The van der Waals surface area contributed by atoms with Crippen molar-refractivity contribution in [3.63, 3.8) is 0 Å². The van der Waals surface area contributed by atoms with E-state index in [1.165, 1.54) is 0 Å². The molecule has 0 aromatic rings. The van der Waals surface area contributed by atoms with Crippen molar-refractivity contribution in [1.82, 2.24) is 5.32 Å². The fourth-order valence-electron chi connectivity index (χ4n) is 1.60. The van der Waals surface area contributed by atoms with Gasteiger partial charge in [-0.15, -0.1) is 0 Å². The van der Waals surface area contributed by atoms with E-state index in [2.05, 4.69) is 32.7 Å². The number of nitrogens with one attached hydrogen (secondary N) is 1. The van der Waals surface area contributed by atoms with Gasteiger partial charge in [-0.05, 0) is 18.3 Å². The minimum Gasteiger partial charge on any atom is -0.330 e. The molecule has 1 amide bonds. The van der Waals surface area contributed by atoms with Crippen LogP contribution < -0.4 is 5.32 Å². The fraction of sp³-hybridized carbons (Fsp3) is 0.750. The molecule has 0 aromatic carbocycles. The van der Waals surface area contributed by atoms with Crippen molar-refractivity contribution in [2.75, 3.05) is 0 Å². The van der Waals surface area contributed by atoms with Crippen molar-refractivity contribution in [3.05, 3.63) is 12.3 Å². The molecule has 82 valence electrons. The van der Waals surface area contributed by atoms with E-state index >= 15 is 0 Å². The maximum Gasteiger partial charge on any atom is 0.227 e. The van der Waals surface area contributed by atoms with E-state index in [1.54, 1.807) is 0 Å². The number of hydrogen-bond donors (Lipinski definition) is 1. The van der Waals surface area contributed by atoms with Gasteiger partial charge in [0.15, 0.2) is 0 Å². The molecule has 0 bridgehead atoms. The average molecular weight is 197 g/mol. The lowest BCUT2D eigenvalue weighted by atomic mass is 9.76. The van der Waals surface area contributed by atoms with Crippen LogP contribution in [0, 0.1) is 11.3 Å². The molecule has 14 heavy (non-hydrogen) atoms. The van der Waals surface area contributed by atoms with E-state index in [0.717, 1.165) is 18.5 Å². The third-order valence-electron chi connectivity index (χ3n) is 2.40. The zero-order chi connectivity index (χ0) is 11.4. The first-order valence-electron chi connectivity index (χ1n) is 5.40. The van der Waals surface area contributed by atoms with Gasteiger partial charge >= 0.3 is 0 Å². The number of rotatable bonds is 0. The van der Waals surface area contributed by atoms with Crippen LogP contribution in [0.4, 0.5) is 0 Å². The average Bonchev–Trinajstić information content (AvgIpc) is 2.05. The van der Waals surface area contributed by atoms with Gasteiger partial charge in [-0.3, -0.25) is 4.79 Å². The third-order valence-corrected chi connectivity index (χ3v) is 2.40. The van der Waals surface area contributed by atoms with Crippen molar-refractivity contribution in [3.8, 4) is 0 Å². The van der Waals surface area contributed by atoms with Gasteiger partial charge in [0.05, 0.1) is 0 Å². The van der Waals surface area contributed by atoms with Crippen LogP contribution in [-0.2, 0) is 4.79 Å². The third kappa shape index (κ3) is 3.52. The zero-order valence-electron chi connectivity index (χ0n) is 10.1. The summed E-state index contributed by atoms with van der Waals surface area (Å²) in [5.74, 6) is 0.279. The lowest BCUT2D eigenvalue weighted by Gasteiger charge is -2.33. The van der Waals surface area contributed by atoms with Crippen molar-refractivity contribution < 1.29 is 4.79 Å². The van der Waals surface area contributed by atoms with E-state index in [9.17, 15) is 4.79 Å². The van der Waals surface area contributed by atoms with E-state index in [1.807, 2.05) is 13.8 Å². The summed E-state index contributed by atoms with van der Waals surface area (Å²) >= 11 is 0. The molecule has 0 aromatic heterocycles. The van der Waals surface area contributed by atoms with Crippen LogP contribution >= 0.6 is 0 Å². The van der Waals surface area contributed by atoms with E-state index < -0.39 is 0 Å². The van der Waals surface area contributed by atoms with Gasteiger partial charge in [0, 0.05) is 11.6 Å². The Morgan fingerprint density at radius 3 is 2.21 bits per heavy atom. The summed E-state index contributed by atoms with van der Waals surface area (Å²) in [6.07, 6.45) is 1.86. The first-order chi connectivity index (χ1) is 6.41. The molecule has 1 rings (SSSR count). The second kappa shape index (κ2) is 5.18. The second-order valence-corrected chi connectivity index (χ2v) is 4.55. The van der Waals surface area contributed by atoms with Crippen molar-refractivity contribution in [1.29, 1.82) is 0 Å². The summed E-state index contributed by atoms with van der Waals surface area (Å²) in [5.41, 5.74) is 0.936. The number of carbonyl (C=O) groups excluding carboxylic acids is 1. The molecule has 2 heteroatoms. The maximum absolute atomic E-state index is 11.5. The van der Waals surface area contributed by atoms with E-state index in [-0.39, 0.29) is 17.2 Å². The number of amides is 1. The highest BCUT2D eigenvalue weighted by molar-refractivity contribution is 5.82. The monoisotopic (exact) mass is 197 g/mol. The summed E-state index contributed by atoms with van der Waals surface area (Å²) in [4.78, 5) is 11.5. The number of piperidine rings is 1. The molecular weight excluding hydrogens is 174 g/mol. The zero-order valence-corrected chi connectivity index (χ0v) is 10.1. The first-order valence-corrected chi connectivity index (χ1v) is 5.40. The Balaban J connectivity index is 0.000000791. The molecule has 0 saturated carbocycles. The van der Waals surface area contributed by atoms with Gasteiger partial charge in [-0.25, -0.2) is 0 Å². The number of hydrogen-bond acceptors (Lipinski definition) is 1. The summed E-state index contributed by atoms with van der Waals surface area (Å²) in [5, 5.41) is 2.80. The number of allylic oxidation sites excluding steroid dienone is 1. The SMILES string of the molecule is C=C1CCC(C(C)(C)C)C(=O)N1.CC.